The number of aryl methyl sites for hydroxylation is 1. The maximum absolute atomic E-state index is 8.89. The molecule has 0 amide bonds. The summed E-state index contributed by atoms with van der Waals surface area (Å²) >= 11 is 0. The van der Waals surface area contributed by atoms with E-state index >= 15 is 0 Å². The van der Waals surface area contributed by atoms with Gasteiger partial charge < -0.3 is 19.9 Å². The van der Waals surface area contributed by atoms with Crippen molar-refractivity contribution >= 4 is 5.69 Å². The molecule has 1 aromatic rings. The van der Waals surface area contributed by atoms with Gasteiger partial charge in [-0.2, -0.15) is 0 Å². The first-order valence-electron chi connectivity index (χ1n) is 7.39. The summed E-state index contributed by atoms with van der Waals surface area (Å²) in [7, 11) is 1.74. The van der Waals surface area contributed by atoms with Gasteiger partial charge in [0.2, 0.25) is 0 Å². The summed E-state index contributed by atoms with van der Waals surface area (Å²) in [5.41, 5.74) is 2.36. The van der Waals surface area contributed by atoms with Crippen molar-refractivity contribution in [1.82, 2.24) is 0 Å². The number of ether oxygens (including phenoxy) is 2. The van der Waals surface area contributed by atoms with Crippen LogP contribution in [0.3, 0.4) is 0 Å². The van der Waals surface area contributed by atoms with Gasteiger partial charge in [0.25, 0.3) is 0 Å². The molecule has 1 fully saturated rings. The maximum atomic E-state index is 8.89. The summed E-state index contributed by atoms with van der Waals surface area (Å²) in [5, 5.41) is 12.4. The number of methoxy groups -OCH3 is 1. The second kappa shape index (κ2) is 7.62. The molecule has 1 aliphatic carbocycles. The molecule has 2 rings (SSSR count). The SMILES string of the molecule is CCOC1CC(Nc2cccc(CCCO)c2)C1OC. The average molecular weight is 279 g/mol. The molecule has 1 saturated carbocycles. The van der Waals surface area contributed by atoms with Crippen LogP contribution < -0.4 is 5.32 Å². The smallest absolute Gasteiger partial charge is 0.103 e. The Bertz CT molecular complexity index is 410. The molecule has 2 N–H and O–H groups in total. The Labute approximate surface area is 121 Å². The third-order valence-electron chi connectivity index (χ3n) is 3.80. The minimum absolute atomic E-state index is 0.121. The molecule has 3 unspecified atom stereocenters. The van der Waals surface area contributed by atoms with Crippen LogP contribution in [0.5, 0.6) is 0 Å². The number of anilines is 1. The lowest BCUT2D eigenvalue weighted by atomic mass is 9.85. The van der Waals surface area contributed by atoms with Crippen LogP contribution in [-0.4, -0.2) is 43.7 Å². The van der Waals surface area contributed by atoms with E-state index in [0.717, 1.165) is 31.6 Å². The van der Waals surface area contributed by atoms with Crippen molar-refractivity contribution in [3.05, 3.63) is 29.8 Å². The number of rotatable bonds is 8. The van der Waals surface area contributed by atoms with Crippen molar-refractivity contribution in [3.63, 3.8) is 0 Å². The molecule has 0 spiro atoms. The summed E-state index contributed by atoms with van der Waals surface area (Å²) in [6.07, 6.45) is 3.02. The zero-order valence-corrected chi connectivity index (χ0v) is 12.3. The van der Waals surface area contributed by atoms with Gasteiger partial charge in [-0.25, -0.2) is 0 Å². The molecular formula is C16H25NO3. The van der Waals surface area contributed by atoms with E-state index in [1.54, 1.807) is 7.11 Å². The van der Waals surface area contributed by atoms with Gasteiger partial charge in [0, 0.05) is 26.0 Å². The van der Waals surface area contributed by atoms with E-state index in [1.807, 2.05) is 6.92 Å². The molecular weight excluding hydrogens is 254 g/mol. The fourth-order valence-electron chi connectivity index (χ4n) is 2.73. The van der Waals surface area contributed by atoms with E-state index in [0.29, 0.717) is 6.04 Å². The first kappa shape index (κ1) is 15.3. The van der Waals surface area contributed by atoms with Crippen molar-refractivity contribution in [1.29, 1.82) is 0 Å². The van der Waals surface area contributed by atoms with Gasteiger partial charge >= 0.3 is 0 Å². The lowest BCUT2D eigenvalue weighted by Gasteiger charge is -2.43. The lowest BCUT2D eigenvalue weighted by Crippen LogP contribution is -2.56. The van der Waals surface area contributed by atoms with Crippen LogP contribution in [0.15, 0.2) is 24.3 Å². The molecule has 0 saturated heterocycles. The molecule has 3 atom stereocenters. The quantitative estimate of drug-likeness (QED) is 0.766. The van der Waals surface area contributed by atoms with Gasteiger partial charge in [0.05, 0.1) is 12.1 Å². The Morgan fingerprint density at radius 3 is 2.95 bits per heavy atom. The van der Waals surface area contributed by atoms with Crippen molar-refractivity contribution in [3.8, 4) is 0 Å². The van der Waals surface area contributed by atoms with Crippen LogP contribution in [0.4, 0.5) is 5.69 Å². The summed E-state index contributed by atoms with van der Waals surface area (Å²) in [6.45, 7) is 2.98. The van der Waals surface area contributed by atoms with Crippen LogP contribution in [0.25, 0.3) is 0 Å². The second-order valence-corrected chi connectivity index (χ2v) is 5.21. The van der Waals surface area contributed by atoms with Gasteiger partial charge in [0.15, 0.2) is 0 Å². The van der Waals surface area contributed by atoms with Gasteiger partial charge in [-0.1, -0.05) is 12.1 Å². The average Bonchev–Trinajstić information content (AvgIpc) is 2.45. The molecule has 0 aromatic heterocycles. The van der Waals surface area contributed by atoms with Crippen LogP contribution in [-0.2, 0) is 15.9 Å². The van der Waals surface area contributed by atoms with E-state index < -0.39 is 0 Å². The predicted octanol–water partition coefficient (Wildman–Crippen LogP) is 2.22. The third kappa shape index (κ3) is 3.72. The molecule has 20 heavy (non-hydrogen) atoms. The normalized spacial score (nSPS) is 25.2. The molecule has 0 bridgehead atoms. The van der Waals surface area contributed by atoms with Gasteiger partial charge in [-0.05, 0) is 43.9 Å². The Balaban J connectivity index is 1.90. The van der Waals surface area contributed by atoms with E-state index in [4.69, 9.17) is 14.6 Å². The number of hydrogen-bond acceptors (Lipinski definition) is 4. The number of benzene rings is 1. The van der Waals surface area contributed by atoms with Gasteiger partial charge in [0.1, 0.15) is 6.10 Å². The summed E-state index contributed by atoms with van der Waals surface area (Å²) < 4.78 is 11.1. The molecule has 0 aliphatic heterocycles. The zero-order valence-electron chi connectivity index (χ0n) is 12.3. The van der Waals surface area contributed by atoms with Crippen LogP contribution >= 0.6 is 0 Å². The zero-order chi connectivity index (χ0) is 14.4. The number of nitrogens with one attached hydrogen (secondary N) is 1. The van der Waals surface area contributed by atoms with Crippen molar-refractivity contribution in [2.75, 3.05) is 25.6 Å². The molecule has 1 aromatic carbocycles. The Morgan fingerprint density at radius 1 is 1.40 bits per heavy atom. The Morgan fingerprint density at radius 2 is 2.25 bits per heavy atom. The summed E-state index contributed by atoms with van der Waals surface area (Å²) in [4.78, 5) is 0. The molecule has 4 nitrogen and oxygen atoms in total. The monoisotopic (exact) mass is 279 g/mol. The molecule has 0 heterocycles. The fourth-order valence-corrected chi connectivity index (χ4v) is 2.73. The van der Waals surface area contributed by atoms with E-state index in [1.165, 1.54) is 5.56 Å². The van der Waals surface area contributed by atoms with Crippen molar-refractivity contribution < 1.29 is 14.6 Å². The third-order valence-corrected chi connectivity index (χ3v) is 3.80. The minimum Gasteiger partial charge on any atom is -0.396 e. The predicted molar refractivity (Wildman–Crippen MR) is 80.1 cm³/mol. The highest BCUT2D eigenvalue weighted by molar-refractivity contribution is 5.47. The van der Waals surface area contributed by atoms with E-state index in [-0.39, 0.29) is 18.8 Å². The number of aliphatic hydroxyl groups is 1. The first-order chi connectivity index (χ1) is 9.78. The largest absolute Gasteiger partial charge is 0.396 e. The molecule has 112 valence electrons. The summed E-state index contributed by atoms with van der Waals surface area (Å²) in [6, 6.07) is 8.68. The van der Waals surface area contributed by atoms with E-state index in [9.17, 15) is 0 Å². The fraction of sp³-hybridized carbons (Fsp3) is 0.625. The van der Waals surface area contributed by atoms with E-state index in [2.05, 4.69) is 29.6 Å². The van der Waals surface area contributed by atoms with Crippen LogP contribution in [0.2, 0.25) is 0 Å². The lowest BCUT2D eigenvalue weighted by molar-refractivity contribution is -0.118. The first-order valence-corrected chi connectivity index (χ1v) is 7.39. The van der Waals surface area contributed by atoms with Crippen LogP contribution in [0.1, 0.15) is 25.3 Å². The number of hydrogen-bond donors (Lipinski definition) is 2. The highest BCUT2D eigenvalue weighted by atomic mass is 16.5. The Kier molecular flexibility index (Phi) is 5.83. The molecule has 0 radical (unpaired) electrons. The maximum Gasteiger partial charge on any atom is 0.103 e. The summed E-state index contributed by atoms with van der Waals surface area (Å²) in [5.74, 6) is 0. The topological polar surface area (TPSA) is 50.7 Å². The Hall–Kier alpha value is -1.10. The second-order valence-electron chi connectivity index (χ2n) is 5.21. The van der Waals surface area contributed by atoms with Crippen molar-refractivity contribution in [2.24, 2.45) is 0 Å². The van der Waals surface area contributed by atoms with Gasteiger partial charge in [-0.3, -0.25) is 0 Å². The van der Waals surface area contributed by atoms with Gasteiger partial charge in [-0.15, -0.1) is 0 Å². The highest BCUT2D eigenvalue weighted by Gasteiger charge is 2.42. The molecule has 4 heteroatoms. The minimum atomic E-state index is 0.121. The number of aliphatic hydroxyl groups excluding tert-OH is 1. The highest BCUT2D eigenvalue weighted by Crippen LogP contribution is 2.30. The van der Waals surface area contributed by atoms with Crippen LogP contribution in [0, 0.1) is 0 Å². The molecule has 1 aliphatic rings. The standard InChI is InChI=1S/C16H25NO3/c1-3-20-15-11-14(16(15)19-2)17-13-8-4-6-12(10-13)7-5-9-18/h4,6,8,10,14-18H,3,5,7,9,11H2,1-2H3. The van der Waals surface area contributed by atoms with Crippen molar-refractivity contribution in [2.45, 2.75) is 44.4 Å².